The predicted octanol–water partition coefficient (Wildman–Crippen LogP) is 4.24. The van der Waals surface area contributed by atoms with Crippen molar-refractivity contribution in [1.82, 2.24) is 9.62 Å². The Labute approximate surface area is 174 Å². The van der Waals surface area contributed by atoms with E-state index < -0.39 is 28.3 Å². The van der Waals surface area contributed by atoms with Crippen LogP contribution in [0.2, 0.25) is 10.0 Å². The first kappa shape index (κ1) is 22.6. The lowest BCUT2D eigenvalue weighted by atomic mass is 10.2. The van der Waals surface area contributed by atoms with Crippen molar-refractivity contribution in [2.45, 2.75) is 37.8 Å². The fraction of sp³-hybridized carbons (Fsp3) is 0.316. The van der Waals surface area contributed by atoms with Gasteiger partial charge in [0.1, 0.15) is 5.82 Å². The van der Waals surface area contributed by atoms with E-state index >= 15 is 0 Å². The summed E-state index contributed by atoms with van der Waals surface area (Å²) in [6.07, 6.45) is 0.689. The number of halogens is 3. The largest absolute Gasteiger partial charge is 0.353 e. The predicted molar refractivity (Wildman–Crippen MR) is 108 cm³/mol. The molecule has 0 aromatic heterocycles. The third-order valence-electron chi connectivity index (χ3n) is 4.19. The number of hydrogen-bond acceptors (Lipinski definition) is 3. The Hall–Kier alpha value is -1.67. The minimum Gasteiger partial charge on any atom is -0.353 e. The van der Waals surface area contributed by atoms with Crippen LogP contribution in [-0.4, -0.2) is 31.2 Å². The number of hydrogen-bond donors (Lipinski definition) is 1. The van der Waals surface area contributed by atoms with Crippen molar-refractivity contribution in [3.63, 3.8) is 0 Å². The van der Waals surface area contributed by atoms with Gasteiger partial charge in [-0.3, -0.25) is 4.79 Å². The zero-order valence-electron chi connectivity index (χ0n) is 15.5. The van der Waals surface area contributed by atoms with E-state index in [0.29, 0.717) is 11.4 Å². The average molecular weight is 447 g/mol. The van der Waals surface area contributed by atoms with Crippen molar-refractivity contribution < 1.29 is 17.6 Å². The van der Waals surface area contributed by atoms with E-state index in [4.69, 9.17) is 23.2 Å². The second-order valence-corrected chi connectivity index (χ2v) is 9.09. The van der Waals surface area contributed by atoms with Crippen LogP contribution in [0.3, 0.4) is 0 Å². The molecule has 2 aromatic carbocycles. The Bertz CT molecular complexity index is 916. The smallest absolute Gasteiger partial charge is 0.243 e. The van der Waals surface area contributed by atoms with Crippen molar-refractivity contribution in [2.24, 2.45) is 0 Å². The molecule has 0 heterocycles. The molecule has 1 N–H and O–H groups in total. The number of amides is 1. The van der Waals surface area contributed by atoms with E-state index in [2.05, 4.69) is 5.32 Å². The van der Waals surface area contributed by atoms with Crippen LogP contribution in [0, 0.1) is 5.82 Å². The molecule has 0 aliphatic rings. The molecule has 0 aliphatic carbocycles. The molecule has 0 aliphatic heterocycles. The van der Waals surface area contributed by atoms with Crippen LogP contribution in [-0.2, 0) is 21.4 Å². The molecule has 1 amide bonds. The summed E-state index contributed by atoms with van der Waals surface area (Å²) in [6.45, 7) is 2.85. The van der Waals surface area contributed by atoms with Gasteiger partial charge in [0.15, 0.2) is 0 Å². The molecule has 0 fully saturated rings. The van der Waals surface area contributed by atoms with Crippen LogP contribution in [0.25, 0.3) is 0 Å². The summed E-state index contributed by atoms with van der Waals surface area (Å²) in [6, 6.07) is 9.49. The topological polar surface area (TPSA) is 66.5 Å². The molecule has 5 nitrogen and oxygen atoms in total. The van der Waals surface area contributed by atoms with Gasteiger partial charge in [-0.1, -0.05) is 36.2 Å². The molecule has 9 heteroatoms. The molecule has 0 unspecified atom stereocenters. The lowest BCUT2D eigenvalue weighted by Crippen LogP contribution is -2.43. The number of nitrogens with zero attached hydrogens (tertiary/aromatic N) is 1. The summed E-state index contributed by atoms with van der Waals surface area (Å²) < 4.78 is 41.3. The van der Waals surface area contributed by atoms with E-state index in [1.807, 2.05) is 13.8 Å². The number of rotatable bonds is 8. The van der Waals surface area contributed by atoms with Crippen molar-refractivity contribution >= 4 is 39.1 Å². The SMILES string of the molecule is CC[C@H](C)NC(=O)CN(Cc1c(F)cccc1Cl)S(=O)(=O)c1ccc(Cl)cc1. The minimum absolute atomic E-state index is 0.00181. The number of carbonyl (C=O) groups is 1. The fourth-order valence-corrected chi connectivity index (χ4v) is 4.14. The first-order valence-electron chi connectivity index (χ1n) is 8.63. The van der Waals surface area contributed by atoms with Gasteiger partial charge in [0.05, 0.1) is 11.4 Å². The van der Waals surface area contributed by atoms with Crippen molar-refractivity contribution in [3.8, 4) is 0 Å². The first-order chi connectivity index (χ1) is 13.1. The molecule has 0 spiro atoms. The highest BCUT2D eigenvalue weighted by atomic mass is 35.5. The third-order valence-corrected chi connectivity index (χ3v) is 6.60. The van der Waals surface area contributed by atoms with Crippen LogP contribution >= 0.6 is 23.2 Å². The zero-order valence-corrected chi connectivity index (χ0v) is 17.8. The lowest BCUT2D eigenvalue weighted by Gasteiger charge is -2.23. The van der Waals surface area contributed by atoms with E-state index in [1.54, 1.807) is 0 Å². The summed E-state index contributed by atoms with van der Waals surface area (Å²) in [5.74, 6) is -1.13. The highest BCUT2D eigenvalue weighted by Gasteiger charge is 2.28. The Balaban J connectivity index is 2.40. The molecule has 0 saturated heterocycles. The van der Waals surface area contributed by atoms with Gasteiger partial charge in [0, 0.05) is 28.2 Å². The van der Waals surface area contributed by atoms with E-state index in [-0.39, 0.29) is 28.1 Å². The quantitative estimate of drug-likeness (QED) is 0.659. The zero-order chi connectivity index (χ0) is 20.9. The number of nitrogens with one attached hydrogen (secondary N) is 1. The van der Waals surface area contributed by atoms with Gasteiger partial charge in [0.2, 0.25) is 15.9 Å². The van der Waals surface area contributed by atoms with Gasteiger partial charge >= 0.3 is 0 Å². The minimum atomic E-state index is -4.10. The van der Waals surface area contributed by atoms with Gasteiger partial charge in [0.25, 0.3) is 0 Å². The van der Waals surface area contributed by atoms with Crippen LogP contribution < -0.4 is 5.32 Å². The highest BCUT2D eigenvalue weighted by Crippen LogP contribution is 2.25. The summed E-state index contributed by atoms with van der Waals surface area (Å²) in [4.78, 5) is 12.3. The molecule has 1 atom stereocenters. The Morgan fingerprint density at radius 3 is 2.39 bits per heavy atom. The molecule has 28 heavy (non-hydrogen) atoms. The Morgan fingerprint density at radius 2 is 1.82 bits per heavy atom. The van der Waals surface area contributed by atoms with E-state index in [9.17, 15) is 17.6 Å². The second-order valence-electron chi connectivity index (χ2n) is 6.30. The van der Waals surface area contributed by atoms with Gasteiger partial charge in [-0.2, -0.15) is 4.31 Å². The monoisotopic (exact) mass is 446 g/mol. The van der Waals surface area contributed by atoms with Gasteiger partial charge in [-0.05, 0) is 49.7 Å². The van der Waals surface area contributed by atoms with Crippen molar-refractivity contribution in [2.75, 3.05) is 6.54 Å². The fourth-order valence-electron chi connectivity index (χ4n) is 2.42. The molecule has 0 saturated carbocycles. The number of carbonyl (C=O) groups excluding carboxylic acids is 1. The molecule has 2 rings (SSSR count). The third kappa shape index (κ3) is 5.67. The Kier molecular flexibility index (Phi) is 7.83. The van der Waals surface area contributed by atoms with Crippen LogP contribution in [0.4, 0.5) is 4.39 Å². The Morgan fingerprint density at radius 1 is 1.18 bits per heavy atom. The molecule has 152 valence electrons. The molecule has 2 aromatic rings. The second kappa shape index (κ2) is 9.69. The van der Waals surface area contributed by atoms with Gasteiger partial charge < -0.3 is 5.32 Å². The maximum absolute atomic E-state index is 14.2. The van der Waals surface area contributed by atoms with E-state index in [0.717, 1.165) is 4.31 Å². The summed E-state index contributed by atoms with van der Waals surface area (Å²) in [5, 5.41) is 3.17. The number of sulfonamides is 1. The molecular weight excluding hydrogens is 426 g/mol. The van der Waals surface area contributed by atoms with E-state index in [1.165, 1.54) is 42.5 Å². The average Bonchev–Trinajstić information content (AvgIpc) is 2.64. The maximum atomic E-state index is 14.2. The molecule has 0 radical (unpaired) electrons. The molecule has 0 bridgehead atoms. The van der Waals surface area contributed by atoms with Gasteiger partial charge in [-0.25, -0.2) is 12.8 Å². The summed E-state index contributed by atoms with van der Waals surface area (Å²) in [5.41, 5.74) is -0.00181. The standard InChI is InChI=1S/C19H21Cl2FN2O3S/c1-3-13(2)23-19(25)12-24(11-16-17(21)5-4-6-18(16)22)28(26,27)15-9-7-14(20)8-10-15/h4-10,13H,3,11-12H2,1-2H3,(H,23,25)/t13-/m0/s1. The van der Waals surface area contributed by atoms with Crippen LogP contribution in [0.1, 0.15) is 25.8 Å². The normalized spacial score (nSPS) is 12.8. The van der Waals surface area contributed by atoms with Crippen LogP contribution in [0.15, 0.2) is 47.4 Å². The summed E-state index contributed by atoms with van der Waals surface area (Å²) >= 11 is 11.9. The first-order valence-corrected chi connectivity index (χ1v) is 10.8. The van der Waals surface area contributed by atoms with Gasteiger partial charge in [-0.15, -0.1) is 0 Å². The molecular formula is C19H21Cl2FN2O3S. The summed E-state index contributed by atoms with van der Waals surface area (Å²) in [7, 11) is -4.10. The van der Waals surface area contributed by atoms with Crippen molar-refractivity contribution in [3.05, 3.63) is 63.9 Å². The maximum Gasteiger partial charge on any atom is 0.243 e. The van der Waals surface area contributed by atoms with Crippen LogP contribution in [0.5, 0.6) is 0 Å². The number of benzene rings is 2. The lowest BCUT2D eigenvalue weighted by molar-refractivity contribution is -0.122. The van der Waals surface area contributed by atoms with Crippen molar-refractivity contribution in [1.29, 1.82) is 0 Å². The highest BCUT2D eigenvalue weighted by molar-refractivity contribution is 7.89.